The van der Waals surface area contributed by atoms with E-state index >= 15 is 0 Å². The first-order valence-electron chi connectivity index (χ1n) is 6.47. The third kappa shape index (κ3) is 3.50. The maximum absolute atomic E-state index is 12.2. The first-order valence-corrected chi connectivity index (χ1v) is 7.27. The van der Waals surface area contributed by atoms with Gasteiger partial charge in [0.05, 0.1) is 5.92 Å². The van der Waals surface area contributed by atoms with E-state index in [2.05, 4.69) is 15.9 Å². The summed E-state index contributed by atoms with van der Waals surface area (Å²) in [6.45, 7) is 2.66. The summed E-state index contributed by atoms with van der Waals surface area (Å²) in [6, 6.07) is 7.30. The maximum Gasteiger partial charge on any atom is 0.263 e. The molecule has 1 heterocycles. The lowest BCUT2D eigenvalue weighted by Crippen LogP contribution is -2.40. The van der Waals surface area contributed by atoms with Gasteiger partial charge in [0.15, 0.2) is 6.10 Å². The van der Waals surface area contributed by atoms with Gasteiger partial charge in [0.1, 0.15) is 5.75 Å². The molecule has 0 unspecified atom stereocenters. The lowest BCUT2D eigenvalue weighted by atomic mass is 10.1. The van der Waals surface area contributed by atoms with Crippen molar-refractivity contribution in [2.75, 3.05) is 13.1 Å². The molecule has 5 nitrogen and oxygen atoms in total. The molecule has 1 aliphatic heterocycles. The van der Waals surface area contributed by atoms with E-state index < -0.39 is 6.10 Å². The van der Waals surface area contributed by atoms with Crippen LogP contribution in [0.15, 0.2) is 28.7 Å². The Morgan fingerprint density at radius 2 is 2.05 bits per heavy atom. The van der Waals surface area contributed by atoms with Crippen LogP contribution in [-0.2, 0) is 9.59 Å². The molecule has 2 atom stereocenters. The van der Waals surface area contributed by atoms with E-state index in [1.165, 1.54) is 0 Å². The van der Waals surface area contributed by atoms with Crippen molar-refractivity contribution < 1.29 is 14.3 Å². The molecule has 2 N–H and O–H groups in total. The third-order valence-electron chi connectivity index (χ3n) is 3.38. The van der Waals surface area contributed by atoms with Crippen LogP contribution in [0.3, 0.4) is 0 Å². The van der Waals surface area contributed by atoms with Crippen molar-refractivity contribution in [1.29, 1.82) is 0 Å². The minimum absolute atomic E-state index is 0.114. The van der Waals surface area contributed by atoms with Crippen molar-refractivity contribution in [3.05, 3.63) is 28.7 Å². The molecule has 6 heteroatoms. The zero-order chi connectivity index (χ0) is 14.7. The van der Waals surface area contributed by atoms with E-state index in [0.29, 0.717) is 25.3 Å². The Kier molecular flexibility index (Phi) is 4.65. The van der Waals surface area contributed by atoms with Gasteiger partial charge in [0, 0.05) is 17.6 Å². The maximum atomic E-state index is 12.2. The Labute approximate surface area is 126 Å². The number of amides is 2. The van der Waals surface area contributed by atoms with Gasteiger partial charge < -0.3 is 15.4 Å². The van der Waals surface area contributed by atoms with Crippen molar-refractivity contribution in [1.82, 2.24) is 4.90 Å². The Balaban J connectivity index is 1.92. The average Bonchev–Trinajstić information content (AvgIpc) is 2.90. The minimum atomic E-state index is -0.581. The number of likely N-dealkylation sites (tertiary alicyclic amines) is 1. The molecule has 0 spiro atoms. The van der Waals surface area contributed by atoms with Crippen molar-refractivity contribution >= 4 is 27.7 Å². The van der Waals surface area contributed by atoms with Crippen LogP contribution < -0.4 is 10.5 Å². The Morgan fingerprint density at radius 1 is 1.40 bits per heavy atom. The van der Waals surface area contributed by atoms with Crippen LogP contribution in [0.25, 0.3) is 0 Å². The van der Waals surface area contributed by atoms with Gasteiger partial charge in [-0.15, -0.1) is 0 Å². The molecule has 1 aromatic rings. The Bertz CT molecular complexity index is 504. The third-order valence-corrected chi connectivity index (χ3v) is 3.91. The van der Waals surface area contributed by atoms with Crippen LogP contribution in [0.2, 0.25) is 0 Å². The van der Waals surface area contributed by atoms with Crippen LogP contribution in [0.5, 0.6) is 5.75 Å². The summed E-state index contributed by atoms with van der Waals surface area (Å²) in [5.74, 6) is -0.0584. The highest BCUT2D eigenvalue weighted by molar-refractivity contribution is 9.10. The minimum Gasteiger partial charge on any atom is -0.481 e. The predicted molar refractivity (Wildman–Crippen MR) is 78.1 cm³/mol. The number of halogens is 1. The van der Waals surface area contributed by atoms with Gasteiger partial charge in [-0.1, -0.05) is 15.9 Å². The van der Waals surface area contributed by atoms with Crippen molar-refractivity contribution in [3.8, 4) is 5.75 Å². The molecular formula is C14H17BrN2O3. The van der Waals surface area contributed by atoms with Gasteiger partial charge in [0.2, 0.25) is 5.91 Å². The summed E-state index contributed by atoms with van der Waals surface area (Å²) in [5.41, 5.74) is 5.26. The molecule has 0 aliphatic carbocycles. The molecule has 1 fully saturated rings. The number of rotatable bonds is 4. The molecule has 20 heavy (non-hydrogen) atoms. The molecule has 108 valence electrons. The second-order valence-electron chi connectivity index (χ2n) is 4.89. The molecule has 1 aromatic carbocycles. The molecule has 1 aliphatic rings. The normalized spacial score (nSPS) is 19.7. The summed E-state index contributed by atoms with van der Waals surface area (Å²) >= 11 is 3.34. The van der Waals surface area contributed by atoms with Crippen LogP contribution in [0, 0.1) is 5.92 Å². The summed E-state index contributed by atoms with van der Waals surface area (Å²) in [7, 11) is 0. The molecule has 0 radical (unpaired) electrons. The van der Waals surface area contributed by atoms with Gasteiger partial charge in [-0.25, -0.2) is 0 Å². The highest BCUT2D eigenvalue weighted by atomic mass is 79.9. The second kappa shape index (κ2) is 6.26. The summed E-state index contributed by atoms with van der Waals surface area (Å²) in [4.78, 5) is 25.0. The molecule has 0 saturated carbocycles. The largest absolute Gasteiger partial charge is 0.481 e. The fourth-order valence-electron chi connectivity index (χ4n) is 2.22. The molecule has 1 saturated heterocycles. The predicted octanol–water partition coefficient (Wildman–Crippen LogP) is 1.55. The number of nitrogens with two attached hydrogens (primary N) is 1. The fourth-order valence-corrected chi connectivity index (χ4v) is 2.48. The van der Waals surface area contributed by atoms with Gasteiger partial charge in [-0.3, -0.25) is 9.59 Å². The van der Waals surface area contributed by atoms with E-state index in [9.17, 15) is 9.59 Å². The van der Waals surface area contributed by atoms with Gasteiger partial charge in [-0.2, -0.15) is 0 Å². The molecule has 0 aromatic heterocycles. The number of hydrogen-bond donors (Lipinski definition) is 1. The summed E-state index contributed by atoms with van der Waals surface area (Å²) in [5, 5.41) is 0. The standard InChI is InChI=1S/C14H17BrN2O3/c1-9(20-12-4-2-11(15)3-5-12)14(19)17-7-6-10(8-17)13(16)18/h2-5,9-10H,6-8H2,1H3,(H2,16,18)/t9-,10+/m0/s1. The van der Waals surface area contributed by atoms with E-state index in [-0.39, 0.29) is 17.7 Å². The average molecular weight is 341 g/mol. The van der Waals surface area contributed by atoms with E-state index in [1.807, 2.05) is 12.1 Å². The lowest BCUT2D eigenvalue weighted by molar-refractivity contribution is -0.137. The monoisotopic (exact) mass is 340 g/mol. The highest BCUT2D eigenvalue weighted by Crippen LogP contribution is 2.20. The van der Waals surface area contributed by atoms with Gasteiger partial charge in [-0.05, 0) is 37.6 Å². The molecule has 2 rings (SSSR count). The molecule has 0 bridgehead atoms. The lowest BCUT2D eigenvalue weighted by Gasteiger charge is -2.21. The number of benzene rings is 1. The summed E-state index contributed by atoms with van der Waals surface area (Å²) in [6.07, 6.45) is 0.0503. The number of carbonyl (C=O) groups excluding carboxylic acids is 2. The second-order valence-corrected chi connectivity index (χ2v) is 5.80. The van der Waals surface area contributed by atoms with Crippen LogP contribution in [-0.4, -0.2) is 35.9 Å². The first kappa shape index (κ1) is 14.8. The molecule has 2 amide bonds. The number of primary amides is 1. The zero-order valence-corrected chi connectivity index (χ0v) is 12.8. The highest BCUT2D eigenvalue weighted by Gasteiger charge is 2.32. The van der Waals surface area contributed by atoms with E-state index in [0.717, 1.165) is 4.47 Å². The Morgan fingerprint density at radius 3 is 2.60 bits per heavy atom. The van der Waals surface area contributed by atoms with Crippen molar-refractivity contribution in [2.24, 2.45) is 11.7 Å². The number of ether oxygens (including phenoxy) is 1. The van der Waals surface area contributed by atoms with E-state index in [4.69, 9.17) is 10.5 Å². The van der Waals surface area contributed by atoms with Crippen molar-refractivity contribution in [2.45, 2.75) is 19.4 Å². The van der Waals surface area contributed by atoms with E-state index in [1.54, 1.807) is 24.0 Å². The molecular weight excluding hydrogens is 324 g/mol. The number of hydrogen-bond acceptors (Lipinski definition) is 3. The van der Waals surface area contributed by atoms with Crippen LogP contribution >= 0.6 is 15.9 Å². The fraction of sp³-hybridized carbons (Fsp3) is 0.429. The van der Waals surface area contributed by atoms with Crippen LogP contribution in [0.1, 0.15) is 13.3 Å². The zero-order valence-electron chi connectivity index (χ0n) is 11.2. The van der Waals surface area contributed by atoms with Crippen LogP contribution in [0.4, 0.5) is 0 Å². The Hall–Kier alpha value is -1.56. The quantitative estimate of drug-likeness (QED) is 0.903. The topological polar surface area (TPSA) is 72.6 Å². The number of carbonyl (C=O) groups is 2. The smallest absolute Gasteiger partial charge is 0.263 e. The first-order chi connectivity index (χ1) is 9.47. The van der Waals surface area contributed by atoms with Crippen molar-refractivity contribution in [3.63, 3.8) is 0 Å². The van der Waals surface area contributed by atoms with Gasteiger partial charge in [0.25, 0.3) is 5.91 Å². The SMILES string of the molecule is C[C@H](Oc1ccc(Br)cc1)C(=O)N1CC[C@@H](C(N)=O)C1. The number of nitrogens with zero attached hydrogens (tertiary/aromatic N) is 1. The summed E-state index contributed by atoms with van der Waals surface area (Å²) < 4.78 is 6.56. The van der Waals surface area contributed by atoms with Gasteiger partial charge >= 0.3 is 0 Å².